The summed E-state index contributed by atoms with van der Waals surface area (Å²) < 4.78 is 0. The van der Waals surface area contributed by atoms with Crippen LogP contribution in [0.25, 0.3) is 10.9 Å². The summed E-state index contributed by atoms with van der Waals surface area (Å²) in [4.78, 5) is 31.2. The maximum Gasteiger partial charge on any atom is 0.259 e. The number of H-pyrrole nitrogens is 1. The van der Waals surface area contributed by atoms with E-state index >= 15 is 0 Å². The van der Waals surface area contributed by atoms with Crippen molar-refractivity contribution in [3.63, 3.8) is 0 Å². The zero-order chi connectivity index (χ0) is 16.2. The van der Waals surface area contributed by atoms with Crippen molar-refractivity contribution < 1.29 is 4.79 Å². The molecule has 1 heterocycles. The van der Waals surface area contributed by atoms with Gasteiger partial charge in [0, 0.05) is 6.42 Å². The predicted octanol–water partition coefficient (Wildman–Crippen LogP) is 3.14. The van der Waals surface area contributed by atoms with Crippen LogP contribution >= 0.6 is 11.8 Å². The van der Waals surface area contributed by atoms with Crippen molar-refractivity contribution in [2.75, 3.05) is 5.75 Å². The quantitative estimate of drug-likeness (QED) is 0.578. The van der Waals surface area contributed by atoms with Gasteiger partial charge in [-0.05, 0) is 24.6 Å². The summed E-state index contributed by atoms with van der Waals surface area (Å²) in [6, 6.07) is 15.1. The van der Waals surface area contributed by atoms with Crippen LogP contribution in [0.3, 0.4) is 0 Å². The van der Waals surface area contributed by atoms with Gasteiger partial charge in [0.15, 0.2) is 5.16 Å². The molecule has 5 heteroatoms. The number of rotatable bonds is 5. The molecule has 1 N–H and O–H groups in total. The number of nitrogens with one attached hydrogen (secondary N) is 1. The van der Waals surface area contributed by atoms with Gasteiger partial charge in [-0.3, -0.25) is 9.59 Å². The van der Waals surface area contributed by atoms with E-state index in [-0.39, 0.29) is 17.1 Å². The van der Waals surface area contributed by atoms with Gasteiger partial charge >= 0.3 is 0 Å². The van der Waals surface area contributed by atoms with Crippen LogP contribution in [0, 0.1) is 6.92 Å². The van der Waals surface area contributed by atoms with Crippen molar-refractivity contribution in [2.45, 2.75) is 18.5 Å². The molecule has 0 amide bonds. The monoisotopic (exact) mass is 324 g/mol. The van der Waals surface area contributed by atoms with Crippen LogP contribution in [0.1, 0.15) is 11.1 Å². The van der Waals surface area contributed by atoms with Crippen LogP contribution in [0.5, 0.6) is 0 Å². The molecule has 0 bridgehead atoms. The maximum absolute atomic E-state index is 12.1. The Morgan fingerprint density at radius 3 is 2.65 bits per heavy atom. The van der Waals surface area contributed by atoms with Crippen molar-refractivity contribution in [1.29, 1.82) is 0 Å². The number of benzene rings is 2. The van der Waals surface area contributed by atoms with Crippen molar-refractivity contribution in [3.8, 4) is 0 Å². The molecule has 0 aliphatic rings. The van der Waals surface area contributed by atoms with Crippen molar-refractivity contribution >= 4 is 28.4 Å². The molecule has 0 spiro atoms. The molecule has 0 fully saturated rings. The number of ketones is 1. The number of aryl methyl sites for hydroxylation is 1. The Labute approximate surface area is 138 Å². The van der Waals surface area contributed by atoms with E-state index in [4.69, 9.17) is 0 Å². The molecule has 0 radical (unpaired) electrons. The third-order valence-corrected chi connectivity index (χ3v) is 4.42. The molecule has 3 aromatic rings. The lowest BCUT2D eigenvalue weighted by Gasteiger charge is -2.03. The van der Waals surface area contributed by atoms with Crippen LogP contribution < -0.4 is 5.56 Å². The Hall–Kier alpha value is -2.40. The number of hydrogen-bond donors (Lipinski definition) is 1. The fourth-order valence-electron chi connectivity index (χ4n) is 2.27. The van der Waals surface area contributed by atoms with Gasteiger partial charge < -0.3 is 4.98 Å². The van der Waals surface area contributed by atoms with Crippen LogP contribution in [0.15, 0.2) is 58.5 Å². The fourth-order valence-corrected chi connectivity index (χ4v) is 2.99. The van der Waals surface area contributed by atoms with E-state index < -0.39 is 0 Å². The number of Topliss-reactive ketones (excluding diaryl/α,β-unsaturated/α-hetero) is 1. The van der Waals surface area contributed by atoms with Gasteiger partial charge in [-0.25, -0.2) is 4.98 Å². The van der Waals surface area contributed by atoms with E-state index in [1.165, 1.54) is 17.3 Å². The Kier molecular flexibility index (Phi) is 4.57. The first kappa shape index (κ1) is 15.5. The lowest BCUT2D eigenvalue weighted by Crippen LogP contribution is -2.11. The van der Waals surface area contributed by atoms with Crippen LogP contribution in [-0.4, -0.2) is 21.5 Å². The van der Waals surface area contributed by atoms with Crippen molar-refractivity contribution in [2.24, 2.45) is 0 Å². The number of para-hydroxylation sites is 1. The highest BCUT2D eigenvalue weighted by molar-refractivity contribution is 7.99. The number of carbonyl (C=O) groups is 1. The average Bonchev–Trinajstić information content (AvgIpc) is 2.55. The molecule has 0 saturated carbocycles. The average molecular weight is 324 g/mol. The fraction of sp³-hybridized carbons (Fsp3) is 0.167. The van der Waals surface area contributed by atoms with E-state index in [9.17, 15) is 9.59 Å². The van der Waals surface area contributed by atoms with Gasteiger partial charge in [-0.1, -0.05) is 53.7 Å². The molecule has 0 saturated heterocycles. The van der Waals surface area contributed by atoms with Gasteiger partial charge in [0.1, 0.15) is 5.78 Å². The molecule has 1 aromatic heterocycles. The summed E-state index contributed by atoms with van der Waals surface area (Å²) >= 11 is 1.26. The third kappa shape index (κ3) is 3.87. The number of aromatic amines is 1. The molecule has 23 heavy (non-hydrogen) atoms. The van der Waals surface area contributed by atoms with E-state index in [0.29, 0.717) is 22.5 Å². The largest absolute Gasteiger partial charge is 0.301 e. The van der Waals surface area contributed by atoms with Crippen LogP contribution in [0.4, 0.5) is 0 Å². The number of fused-ring (bicyclic) bond motifs is 1. The Morgan fingerprint density at radius 1 is 1.13 bits per heavy atom. The molecule has 0 atom stereocenters. The number of aromatic nitrogens is 2. The predicted molar refractivity (Wildman–Crippen MR) is 93.0 cm³/mol. The van der Waals surface area contributed by atoms with Crippen molar-refractivity contribution in [1.82, 2.24) is 9.97 Å². The summed E-state index contributed by atoms with van der Waals surface area (Å²) in [6.07, 6.45) is 0.394. The molecule has 0 aliphatic carbocycles. The van der Waals surface area contributed by atoms with Gasteiger partial charge in [0.25, 0.3) is 5.56 Å². The van der Waals surface area contributed by atoms with Crippen LogP contribution in [-0.2, 0) is 11.2 Å². The Bertz CT molecular complexity index is 901. The standard InChI is InChI=1S/C18H16N2O2S/c1-12-6-8-13(9-7-12)10-14(21)11-23-18-19-16-5-3-2-4-15(16)17(22)20-18/h2-9H,10-11H2,1H3,(H,19,20,22). The van der Waals surface area contributed by atoms with E-state index in [1.807, 2.05) is 37.3 Å². The second-order valence-corrected chi connectivity index (χ2v) is 6.34. The van der Waals surface area contributed by atoms with Crippen molar-refractivity contribution in [3.05, 3.63) is 70.0 Å². The van der Waals surface area contributed by atoms with Crippen LogP contribution in [0.2, 0.25) is 0 Å². The first-order valence-electron chi connectivity index (χ1n) is 7.31. The lowest BCUT2D eigenvalue weighted by molar-refractivity contribution is -0.116. The number of thioether (sulfide) groups is 1. The SMILES string of the molecule is Cc1ccc(CC(=O)CSc2nc3ccccc3c(=O)[nH]2)cc1. The van der Waals surface area contributed by atoms with Gasteiger partial charge in [0.05, 0.1) is 16.7 Å². The minimum atomic E-state index is -0.177. The molecule has 3 rings (SSSR count). The molecule has 116 valence electrons. The van der Waals surface area contributed by atoms with Gasteiger partial charge in [-0.2, -0.15) is 0 Å². The second kappa shape index (κ2) is 6.79. The summed E-state index contributed by atoms with van der Waals surface area (Å²) in [7, 11) is 0. The molecule has 0 aliphatic heterocycles. The minimum absolute atomic E-state index is 0.106. The number of carbonyl (C=O) groups excluding carboxylic acids is 1. The summed E-state index contributed by atoms with van der Waals surface area (Å²) in [5.41, 5.74) is 2.64. The highest BCUT2D eigenvalue weighted by Crippen LogP contribution is 2.15. The first-order chi connectivity index (χ1) is 11.1. The summed E-state index contributed by atoms with van der Waals surface area (Å²) in [5.74, 6) is 0.393. The molecule has 0 unspecified atom stereocenters. The number of hydrogen-bond acceptors (Lipinski definition) is 4. The van der Waals surface area contributed by atoms with Gasteiger partial charge in [0.2, 0.25) is 0 Å². The van der Waals surface area contributed by atoms with E-state index in [2.05, 4.69) is 9.97 Å². The Balaban J connectivity index is 1.67. The highest BCUT2D eigenvalue weighted by atomic mass is 32.2. The maximum atomic E-state index is 12.1. The normalized spacial score (nSPS) is 10.8. The second-order valence-electron chi connectivity index (χ2n) is 5.38. The lowest BCUT2D eigenvalue weighted by atomic mass is 10.1. The third-order valence-electron chi connectivity index (χ3n) is 3.48. The zero-order valence-corrected chi connectivity index (χ0v) is 13.5. The highest BCUT2D eigenvalue weighted by Gasteiger charge is 2.08. The van der Waals surface area contributed by atoms with Gasteiger partial charge in [-0.15, -0.1) is 0 Å². The topological polar surface area (TPSA) is 62.8 Å². The Morgan fingerprint density at radius 2 is 1.87 bits per heavy atom. The number of nitrogens with zero attached hydrogens (tertiary/aromatic N) is 1. The zero-order valence-electron chi connectivity index (χ0n) is 12.7. The smallest absolute Gasteiger partial charge is 0.259 e. The van der Waals surface area contributed by atoms with E-state index in [1.54, 1.807) is 18.2 Å². The summed E-state index contributed by atoms with van der Waals surface area (Å²) in [6.45, 7) is 2.02. The molecule has 2 aromatic carbocycles. The molecular formula is C18H16N2O2S. The minimum Gasteiger partial charge on any atom is -0.301 e. The summed E-state index contributed by atoms with van der Waals surface area (Å²) in [5, 5.41) is 1.04. The molecule has 4 nitrogen and oxygen atoms in total. The van der Waals surface area contributed by atoms with E-state index in [0.717, 1.165) is 5.56 Å². The molecular weight excluding hydrogens is 308 g/mol. The first-order valence-corrected chi connectivity index (χ1v) is 8.29.